The Morgan fingerprint density at radius 3 is 2.75 bits per heavy atom. The minimum Gasteiger partial charge on any atom is -0.342 e. The van der Waals surface area contributed by atoms with E-state index < -0.39 is 0 Å². The van der Waals surface area contributed by atoms with E-state index >= 15 is 0 Å². The number of aldehydes is 1. The first kappa shape index (κ1) is 9.23. The molecular weight excluding hydrogens is 154 g/mol. The van der Waals surface area contributed by atoms with Crippen LogP contribution in [0.5, 0.6) is 0 Å². The molecule has 3 heteroatoms. The van der Waals surface area contributed by atoms with E-state index in [0.29, 0.717) is 18.9 Å². The lowest BCUT2D eigenvalue weighted by atomic mass is 10.1. The quantitative estimate of drug-likeness (QED) is 0.583. The predicted molar refractivity (Wildman–Crippen MR) is 45.6 cm³/mol. The Labute approximate surface area is 72.7 Å². The van der Waals surface area contributed by atoms with Gasteiger partial charge in [0.25, 0.3) is 0 Å². The second-order valence-corrected chi connectivity index (χ2v) is 3.79. The van der Waals surface area contributed by atoms with Crippen LogP contribution < -0.4 is 0 Å². The first-order valence-electron chi connectivity index (χ1n) is 4.36. The van der Waals surface area contributed by atoms with E-state index in [1.165, 1.54) is 0 Å². The van der Waals surface area contributed by atoms with Gasteiger partial charge in [-0.05, 0) is 5.92 Å². The van der Waals surface area contributed by atoms with Crippen LogP contribution in [0.4, 0.5) is 0 Å². The molecule has 1 saturated heterocycles. The minimum atomic E-state index is -0.0590. The highest BCUT2D eigenvalue weighted by molar-refractivity contribution is 5.82. The third-order valence-corrected chi connectivity index (χ3v) is 2.02. The maximum absolute atomic E-state index is 11.2. The van der Waals surface area contributed by atoms with Gasteiger partial charge in [-0.1, -0.05) is 13.8 Å². The fraction of sp³-hybridized carbons (Fsp3) is 0.778. The van der Waals surface area contributed by atoms with Crippen LogP contribution in [0, 0.1) is 11.8 Å². The molecule has 0 aromatic heterocycles. The van der Waals surface area contributed by atoms with Gasteiger partial charge in [0.1, 0.15) is 6.29 Å². The summed E-state index contributed by atoms with van der Waals surface area (Å²) in [5.74, 6) is 0.552. The molecule has 0 N–H and O–H groups in total. The highest BCUT2D eigenvalue weighted by Crippen LogP contribution is 2.16. The molecule has 0 radical (unpaired) electrons. The summed E-state index contributed by atoms with van der Waals surface area (Å²) in [5.41, 5.74) is 0. The third-order valence-electron chi connectivity index (χ3n) is 2.02. The van der Waals surface area contributed by atoms with Crippen molar-refractivity contribution in [3.05, 3.63) is 0 Å². The van der Waals surface area contributed by atoms with Crippen molar-refractivity contribution >= 4 is 12.2 Å². The number of amides is 1. The molecular formula is C9H15NO2. The van der Waals surface area contributed by atoms with Crippen LogP contribution in [-0.4, -0.2) is 30.2 Å². The van der Waals surface area contributed by atoms with Gasteiger partial charge in [0, 0.05) is 25.4 Å². The van der Waals surface area contributed by atoms with E-state index in [-0.39, 0.29) is 11.8 Å². The average molecular weight is 169 g/mol. The number of likely N-dealkylation sites (tertiary alicyclic amines) is 1. The summed E-state index contributed by atoms with van der Waals surface area (Å²) < 4.78 is 0. The van der Waals surface area contributed by atoms with Crippen molar-refractivity contribution in [1.29, 1.82) is 0 Å². The highest BCUT2D eigenvalue weighted by Gasteiger charge is 2.28. The van der Waals surface area contributed by atoms with Crippen molar-refractivity contribution in [2.24, 2.45) is 11.8 Å². The van der Waals surface area contributed by atoms with E-state index in [2.05, 4.69) is 13.8 Å². The van der Waals surface area contributed by atoms with E-state index in [1.54, 1.807) is 4.90 Å². The van der Waals surface area contributed by atoms with Crippen LogP contribution >= 0.6 is 0 Å². The van der Waals surface area contributed by atoms with Gasteiger partial charge in [-0.2, -0.15) is 0 Å². The van der Waals surface area contributed by atoms with Gasteiger partial charge in [-0.15, -0.1) is 0 Å². The van der Waals surface area contributed by atoms with E-state index in [4.69, 9.17) is 0 Å². The molecule has 3 nitrogen and oxygen atoms in total. The Morgan fingerprint density at radius 1 is 1.67 bits per heavy atom. The van der Waals surface area contributed by atoms with E-state index in [1.807, 2.05) is 0 Å². The van der Waals surface area contributed by atoms with E-state index in [0.717, 1.165) is 12.8 Å². The minimum absolute atomic E-state index is 0.0590. The van der Waals surface area contributed by atoms with Crippen LogP contribution in [0.3, 0.4) is 0 Å². The zero-order valence-electron chi connectivity index (χ0n) is 7.62. The van der Waals surface area contributed by atoms with Gasteiger partial charge in [0.15, 0.2) is 0 Å². The van der Waals surface area contributed by atoms with E-state index in [9.17, 15) is 9.59 Å². The normalized spacial score (nSPS) is 23.8. The molecule has 0 aliphatic carbocycles. The number of carbonyl (C=O) groups excluding carboxylic acids is 2. The van der Waals surface area contributed by atoms with Crippen molar-refractivity contribution in [3.8, 4) is 0 Å². The molecule has 68 valence electrons. The number of hydrogen-bond donors (Lipinski definition) is 0. The van der Waals surface area contributed by atoms with Gasteiger partial charge in [0.2, 0.25) is 5.91 Å². The molecule has 0 saturated carbocycles. The van der Waals surface area contributed by atoms with Crippen molar-refractivity contribution in [3.63, 3.8) is 0 Å². The number of carbonyl (C=O) groups is 2. The largest absolute Gasteiger partial charge is 0.342 e. The van der Waals surface area contributed by atoms with Crippen LogP contribution in [0.2, 0.25) is 0 Å². The zero-order chi connectivity index (χ0) is 9.14. The summed E-state index contributed by atoms with van der Waals surface area (Å²) in [4.78, 5) is 23.4. The second kappa shape index (κ2) is 3.70. The molecule has 1 atom stereocenters. The van der Waals surface area contributed by atoms with Crippen LogP contribution in [0.1, 0.15) is 20.3 Å². The maximum atomic E-state index is 11.2. The summed E-state index contributed by atoms with van der Waals surface area (Å²) in [6, 6.07) is 0. The fourth-order valence-corrected chi connectivity index (χ4v) is 1.51. The van der Waals surface area contributed by atoms with Crippen molar-refractivity contribution in [2.45, 2.75) is 20.3 Å². The summed E-state index contributed by atoms with van der Waals surface area (Å²) in [5, 5.41) is 0. The van der Waals surface area contributed by atoms with Crippen molar-refractivity contribution in [2.75, 3.05) is 13.1 Å². The number of nitrogens with zero attached hydrogens (tertiary/aromatic N) is 1. The first-order valence-corrected chi connectivity index (χ1v) is 4.36. The Balaban J connectivity index is 2.46. The molecule has 1 aliphatic heterocycles. The Bertz CT molecular complexity index is 189. The lowest BCUT2D eigenvalue weighted by Crippen LogP contribution is -2.29. The van der Waals surface area contributed by atoms with Gasteiger partial charge in [0.05, 0.1) is 0 Å². The first-order chi connectivity index (χ1) is 5.63. The summed E-state index contributed by atoms with van der Waals surface area (Å²) in [6.07, 6.45) is 1.30. The van der Waals surface area contributed by atoms with Crippen molar-refractivity contribution < 1.29 is 9.59 Å². The fourth-order valence-electron chi connectivity index (χ4n) is 1.51. The summed E-state index contributed by atoms with van der Waals surface area (Å²) in [6.45, 7) is 5.55. The Hall–Kier alpha value is -0.860. The number of rotatable bonds is 3. The topological polar surface area (TPSA) is 37.4 Å². The van der Waals surface area contributed by atoms with Crippen LogP contribution in [0.25, 0.3) is 0 Å². The molecule has 1 aliphatic rings. The molecule has 0 aromatic rings. The smallest absolute Gasteiger partial charge is 0.223 e. The molecule has 1 amide bonds. The SMILES string of the molecule is CC(C)CN1CC(C=O)CC1=O. The van der Waals surface area contributed by atoms with Crippen molar-refractivity contribution in [1.82, 2.24) is 4.90 Å². The maximum Gasteiger partial charge on any atom is 0.223 e. The molecule has 1 heterocycles. The average Bonchev–Trinajstić information content (AvgIpc) is 2.31. The van der Waals surface area contributed by atoms with Crippen LogP contribution in [-0.2, 0) is 9.59 Å². The second-order valence-electron chi connectivity index (χ2n) is 3.79. The Kier molecular flexibility index (Phi) is 2.84. The van der Waals surface area contributed by atoms with Gasteiger partial charge in [-0.25, -0.2) is 0 Å². The standard InChI is InChI=1S/C9H15NO2/c1-7(2)4-10-5-8(6-11)3-9(10)12/h6-8H,3-5H2,1-2H3. The molecule has 12 heavy (non-hydrogen) atoms. The summed E-state index contributed by atoms with van der Waals surface area (Å²) >= 11 is 0. The zero-order valence-corrected chi connectivity index (χ0v) is 7.62. The molecule has 1 rings (SSSR count). The number of hydrogen-bond acceptors (Lipinski definition) is 2. The lowest BCUT2D eigenvalue weighted by Gasteiger charge is -2.17. The van der Waals surface area contributed by atoms with Gasteiger partial charge >= 0.3 is 0 Å². The molecule has 0 aromatic carbocycles. The molecule has 0 bridgehead atoms. The van der Waals surface area contributed by atoms with Gasteiger partial charge in [-0.3, -0.25) is 4.79 Å². The monoisotopic (exact) mass is 169 g/mol. The molecule has 1 unspecified atom stereocenters. The molecule has 1 fully saturated rings. The van der Waals surface area contributed by atoms with Gasteiger partial charge < -0.3 is 9.69 Å². The van der Waals surface area contributed by atoms with Crippen LogP contribution in [0.15, 0.2) is 0 Å². The molecule has 0 spiro atoms. The Morgan fingerprint density at radius 2 is 2.33 bits per heavy atom. The lowest BCUT2D eigenvalue weighted by molar-refractivity contribution is -0.128. The summed E-state index contributed by atoms with van der Waals surface area (Å²) in [7, 11) is 0. The highest BCUT2D eigenvalue weighted by atomic mass is 16.2. The predicted octanol–water partition coefficient (Wildman–Crippen LogP) is 0.690. The third kappa shape index (κ3) is 2.06.